The molecule has 0 fully saturated rings. The van der Waals surface area contributed by atoms with E-state index in [1.165, 1.54) is 7.11 Å². The third-order valence-electron chi connectivity index (χ3n) is 4.50. The fourth-order valence-corrected chi connectivity index (χ4v) is 3.27. The van der Waals surface area contributed by atoms with Crippen molar-refractivity contribution in [2.45, 2.75) is 31.0 Å². The molecule has 1 heterocycles. The number of esters is 1. The fourth-order valence-electron chi connectivity index (χ4n) is 3.27. The molecule has 0 radical (unpaired) electrons. The summed E-state index contributed by atoms with van der Waals surface area (Å²) in [6.07, 6.45) is 1.16. The SMILES string of the molecule is COC(=O)[C@@]1(O)C[C@@H](c2ccc(OC)cc2)C2=C(O1)/C(=N/O)CC2. The highest BCUT2D eigenvalue weighted by atomic mass is 16.7. The van der Waals surface area contributed by atoms with Crippen LogP contribution in [0, 0.1) is 0 Å². The smallest absolute Gasteiger partial charge is 0.379 e. The lowest BCUT2D eigenvalue weighted by Gasteiger charge is -2.36. The van der Waals surface area contributed by atoms with E-state index in [1.807, 2.05) is 24.3 Å². The van der Waals surface area contributed by atoms with Gasteiger partial charge in [-0.15, -0.1) is 0 Å². The number of nitrogens with zero attached hydrogens (tertiary/aromatic N) is 1. The molecule has 1 aliphatic heterocycles. The van der Waals surface area contributed by atoms with Crippen molar-refractivity contribution in [2.75, 3.05) is 14.2 Å². The maximum atomic E-state index is 12.0. The van der Waals surface area contributed by atoms with Crippen LogP contribution < -0.4 is 4.74 Å². The van der Waals surface area contributed by atoms with Gasteiger partial charge in [0.1, 0.15) is 17.2 Å². The van der Waals surface area contributed by atoms with E-state index in [9.17, 15) is 9.90 Å². The van der Waals surface area contributed by atoms with Crippen LogP contribution in [0.1, 0.15) is 30.7 Å². The number of benzene rings is 1. The Hall–Kier alpha value is -2.54. The first-order valence-corrected chi connectivity index (χ1v) is 7.60. The average Bonchev–Trinajstić information content (AvgIpc) is 3.02. The lowest BCUT2D eigenvalue weighted by Crippen LogP contribution is -2.46. The Morgan fingerprint density at radius 1 is 1.29 bits per heavy atom. The minimum absolute atomic E-state index is 0.0313. The molecule has 2 atom stereocenters. The number of methoxy groups -OCH3 is 2. The summed E-state index contributed by atoms with van der Waals surface area (Å²) < 4.78 is 15.3. The Morgan fingerprint density at radius 2 is 2.00 bits per heavy atom. The lowest BCUT2D eigenvalue weighted by molar-refractivity contribution is -0.218. The first-order chi connectivity index (χ1) is 11.5. The van der Waals surface area contributed by atoms with E-state index in [0.717, 1.165) is 11.1 Å². The largest absolute Gasteiger partial charge is 0.497 e. The molecule has 2 N–H and O–H groups in total. The second-order valence-electron chi connectivity index (χ2n) is 5.81. The normalized spacial score (nSPS) is 27.6. The minimum atomic E-state index is -2.11. The van der Waals surface area contributed by atoms with Crippen LogP contribution in [0.5, 0.6) is 5.75 Å². The summed E-state index contributed by atoms with van der Waals surface area (Å²) >= 11 is 0. The van der Waals surface area contributed by atoms with Gasteiger partial charge in [-0.1, -0.05) is 17.3 Å². The number of hydrogen-bond acceptors (Lipinski definition) is 7. The summed E-state index contributed by atoms with van der Waals surface area (Å²) in [6.45, 7) is 0. The first-order valence-electron chi connectivity index (χ1n) is 7.60. The zero-order chi connectivity index (χ0) is 17.3. The molecule has 0 saturated carbocycles. The molecule has 0 amide bonds. The summed E-state index contributed by atoms with van der Waals surface area (Å²) in [7, 11) is 2.77. The van der Waals surface area contributed by atoms with Gasteiger partial charge in [-0.25, -0.2) is 4.79 Å². The number of aliphatic hydroxyl groups is 1. The Morgan fingerprint density at radius 3 is 2.58 bits per heavy atom. The topological polar surface area (TPSA) is 97.6 Å². The van der Waals surface area contributed by atoms with Crippen LogP contribution in [0.15, 0.2) is 40.8 Å². The van der Waals surface area contributed by atoms with Gasteiger partial charge >= 0.3 is 11.8 Å². The maximum Gasteiger partial charge on any atom is 0.379 e. The lowest BCUT2D eigenvalue weighted by atomic mass is 9.82. The van der Waals surface area contributed by atoms with E-state index in [1.54, 1.807) is 7.11 Å². The van der Waals surface area contributed by atoms with E-state index in [4.69, 9.17) is 14.7 Å². The molecule has 0 saturated heterocycles. The molecule has 2 aliphatic rings. The van der Waals surface area contributed by atoms with Crippen molar-refractivity contribution in [3.8, 4) is 5.75 Å². The second-order valence-corrected chi connectivity index (χ2v) is 5.81. The summed E-state index contributed by atoms with van der Waals surface area (Å²) in [5.74, 6) is -2.25. The van der Waals surface area contributed by atoms with E-state index in [0.29, 0.717) is 24.3 Å². The van der Waals surface area contributed by atoms with E-state index >= 15 is 0 Å². The highest BCUT2D eigenvalue weighted by Crippen LogP contribution is 2.47. The average molecular weight is 333 g/mol. The Kier molecular flexibility index (Phi) is 4.19. The molecule has 1 aromatic carbocycles. The van der Waals surface area contributed by atoms with Crippen LogP contribution in [-0.2, 0) is 14.3 Å². The van der Waals surface area contributed by atoms with Gasteiger partial charge < -0.3 is 24.5 Å². The van der Waals surface area contributed by atoms with Crippen LogP contribution in [0.2, 0.25) is 0 Å². The minimum Gasteiger partial charge on any atom is -0.497 e. The molecule has 0 bridgehead atoms. The van der Waals surface area contributed by atoms with Crippen LogP contribution in [0.4, 0.5) is 0 Å². The zero-order valence-corrected chi connectivity index (χ0v) is 13.5. The molecule has 1 aromatic rings. The van der Waals surface area contributed by atoms with Crippen molar-refractivity contribution in [3.05, 3.63) is 41.2 Å². The van der Waals surface area contributed by atoms with Crippen molar-refractivity contribution < 1.29 is 29.3 Å². The van der Waals surface area contributed by atoms with Gasteiger partial charge in [0.15, 0.2) is 0 Å². The number of ether oxygens (including phenoxy) is 3. The zero-order valence-electron chi connectivity index (χ0n) is 13.5. The predicted octanol–water partition coefficient (Wildman–Crippen LogP) is 1.94. The Balaban J connectivity index is 2.05. The van der Waals surface area contributed by atoms with Crippen molar-refractivity contribution in [2.24, 2.45) is 5.16 Å². The highest BCUT2D eigenvalue weighted by Gasteiger charge is 2.50. The standard InChI is InChI=1S/C17H19NO6/c1-22-11-5-3-10(4-6-11)13-9-17(20,16(19)23-2)24-15-12(13)7-8-14(15)18-21/h3-6,13,20-21H,7-9H2,1-2H3/b18-14+/t13-,17+/m0/s1. The Bertz CT molecular complexity index is 708. The van der Waals surface area contributed by atoms with E-state index in [2.05, 4.69) is 9.89 Å². The summed E-state index contributed by atoms with van der Waals surface area (Å²) in [4.78, 5) is 12.0. The summed E-state index contributed by atoms with van der Waals surface area (Å²) in [5.41, 5.74) is 2.14. The van der Waals surface area contributed by atoms with Crippen molar-refractivity contribution in [3.63, 3.8) is 0 Å². The second kappa shape index (κ2) is 6.16. The van der Waals surface area contributed by atoms with Gasteiger partial charge in [0.2, 0.25) is 0 Å². The number of rotatable bonds is 3. The number of hydrogen-bond donors (Lipinski definition) is 2. The third-order valence-corrected chi connectivity index (χ3v) is 4.50. The van der Waals surface area contributed by atoms with Gasteiger partial charge in [0, 0.05) is 18.8 Å². The van der Waals surface area contributed by atoms with E-state index in [-0.39, 0.29) is 18.1 Å². The van der Waals surface area contributed by atoms with Crippen LogP contribution in [0.3, 0.4) is 0 Å². The predicted molar refractivity (Wildman–Crippen MR) is 83.9 cm³/mol. The molecule has 1 aliphatic carbocycles. The molecule has 0 aromatic heterocycles. The molecule has 0 spiro atoms. The molecule has 3 rings (SSSR count). The quantitative estimate of drug-likeness (QED) is 0.498. The molecule has 7 nitrogen and oxygen atoms in total. The van der Waals surface area contributed by atoms with E-state index < -0.39 is 11.8 Å². The van der Waals surface area contributed by atoms with Gasteiger partial charge in [0.05, 0.1) is 14.2 Å². The number of carbonyl (C=O) groups is 1. The number of carbonyl (C=O) groups excluding carboxylic acids is 1. The molecular weight excluding hydrogens is 314 g/mol. The molecular formula is C17H19NO6. The first kappa shape index (κ1) is 16.3. The van der Waals surface area contributed by atoms with Crippen molar-refractivity contribution >= 4 is 11.7 Å². The van der Waals surface area contributed by atoms with Crippen molar-refractivity contribution in [1.82, 2.24) is 0 Å². The van der Waals surface area contributed by atoms with Crippen LogP contribution in [-0.4, -0.2) is 42.0 Å². The molecule has 0 unspecified atom stereocenters. The number of oxime groups is 1. The summed E-state index contributed by atoms with van der Waals surface area (Å²) in [5, 5.41) is 23.0. The highest BCUT2D eigenvalue weighted by molar-refractivity contribution is 6.02. The van der Waals surface area contributed by atoms with Crippen LogP contribution >= 0.6 is 0 Å². The molecule has 24 heavy (non-hydrogen) atoms. The van der Waals surface area contributed by atoms with Gasteiger partial charge in [-0.3, -0.25) is 0 Å². The van der Waals surface area contributed by atoms with Crippen molar-refractivity contribution in [1.29, 1.82) is 0 Å². The number of allylic oxidation sites excluding steroid dienone is 2. The van der Waals surface area contributed by atoms with Gasteiger partial charge in [-0.2, -0.15) is 0 Å². The summed E-state index contributed by atoms with van der Waals surface area (Å²) in [6, 6.07) is 7.40. The maximum absolute atomic E-state index is 12.0. The Labute approximate surface area is 139 Å². The van der Waals surface area contributed by atoms with Gasteiger partial charge in [0.25, 0.3) is 0 Å². The fraction of sp³-hybridized carbons (Fsp3) is 0.412. The molecule has 128 valence electrons. The molecule has 7 heteroatoms. The van der Waals surface area contributed by atoms with Gasteiger partial charge in [-0.05, 0) is 29.7 Å². The third kappa shape index (κ3) is 2.60. The monoisotopic (exact) mass is 333 g/mol. The van der Waals surface area contributed by atoms with Crippen LogP contribution in [0.25, 0.3) is 0 Å².